The number of anilines is 3. The number of nitrogens with zero attached hydrogens (tertiary/aromatic N) is 5. The molecule has 121 heavy (non-hydrogen) atoms. The molecular weight excluding hydrogens is 1610 g/mol. The van der Waals surface area contributed by atoms with Crippen LogP contribution in [0.4, 0.5) is 30.6 Å². The molecule has 3 saturated heterocycles. The SMILES string of the molecule is C.C.C.C.COC(=O)CC(CC1CCN(C(=O)CCc2ccc3c(n2)NCCC3)CC1)c1ccc(O)c(OC)c1.COC(=O)CC(CC1CCNCC1)c1ccc(O)c(OC)c1.COc1cc(C(CC(=O)O)CC2CCN(C(=O)CCc3ccc4c(n3)NCCC4)CC2)ccc1O.ClCCl.O=C(O)CCc1ccc2c(n1)NCCC2.O=CC(F)(F)F. The van der Waals surface area contributed by atoms with Gasteiger partial charge in [0, 0.05) is 82.2 Å². The molecule has 6 aliphatic heterocycles. The highest BCUT2D eigenvalue weighted by molar-refractivity contribution is 6.40. The molecule has 3 unspecified atom stereocenters. The fourth-order valence-corrected chi connectivity index (χ4v) is 15.3. The van der Waals surface area contributed by atoms with Gasteiger partial charge in [-0.3, -0.25) is 33.6 Å². The Labute approximate surface area is 722 Å². The molecule has 0 saturated carbocycles. The van der Waals surface area contributed by atoms with Crippen LogP contribution in [0.3, 0.4) is 0 Å². The summed E-state index contributed by atoms with van der Waals surface area (Å²) in [4.78, 5) is 97.9. The average molecular weight is 1740 g/mol. The molecule has 9 N–H and O–H groups in total. The van der Waals surface area contributed by atoms with Gasteiger partial charge in [0.2, 0.25) is 18.1 Å². The summed E-state index contributed by atoms with van der Waals surface area (Å²) < 4.78 is 56.7. The molecule has 3 atom stereocenters. The maximum atomic E-state index is 12.9. The van der Waals surface area contributed by atoms with Crippen molar-refractivity contribution in [3.63, 3.8) is 0 Å². The largest absolute Gasteiger partial charge is 0.504 e. The first-order valence-electron chi connectivity index (χ1n) is 40.0. The molecular formula is C90H130Cl2F3N9O17. The lowest BCUT2D eigenvalue weighted by molar-refractivity contribution is -0.156. The Morgan fingerprint density at radius 2 is 0.777 bits per heavy atom. The predicted molar refractivity (Wildman–Crippen MR) is 467 cm³/mol. The summed E-state index contributed by atoms with van der Waals surface area (Å²) >= 11 is 9.53. The van der Waals surface area contributed by atoms with Crippen LogP contribution in [0.25, 0.3) is 0 Å². The molecule has 26 nitrogen and oxygen atoms in total. The summed E-state index contributed by atoms with van der Waals surface area (Å²) in [6.07, 6.45) is 12.7. The van der Waals surface area contributed by atoms with E-state index < -0.39 is 24.4 Å². The van der Waals surface area contributed by atoms with Gasteiger partial charge >= 0.3 is 30.1 Å². The quantitative estimate of drug-likeness (QED) is 0.0131. The molecule has 672 valence electrons. The number of phenols is 3. The number of aryl methyl sites for hydroxylation is 6. The zero-order valence-corrected chi connectivity index (χ0v) is 69.0. The van der Waals surface area contributed by atoms with Crippen molar-refractivity contribution >= 4 is 82.6 Å². The number of ether oxygens (including phenoxy) is 5. The summed E-state index contributed by atoms with van der Waals surface area (Å²) in [6, 6.07) is 27.9. The van der Waals surface area contributed by atoms with Gasteiger partial charge in [0.1, 0.15) is 17.5 Å². The van der Waals surface area contributed by atoms with Crippen molar-refractivity contribution in [2.75, 3.05) is 116 Å². The smallest absolute Gasteiger partial charge is 0.446 e. The topological polar surface area (TPSA) is 360 Å². The van der Waals surface area contributed by atoms with Gasteiger partial charge in [0.15, 0.2) is 34.5 Å². The molecule has 31 heteroatoms. The first-order chi connectivity index (χ1) is 56.2. The number of carboxylic acids is 2. The maximum Gasteiger partial charge on any atom is 0.446 e. The van der Waals surface area contributed by atoms with Gasteiger partial charge in [-0.05, 0) is 246 Å². The third kappa shape index (κ3) is 36.0. The van der Waals surface area contributed by atoms with Gasteiger partial charge in [-0.25, -0.2) is 15.0 Å². The number of benzene rings is 3. The molecule has 0 radical (unpaired) electrons. The number of aromatic hydroxyl groups is 3. The minimum Gasteiger partial charge on any atom is -0.504 e. The minimum atomic E-state index is -4.64. The van der Waals surface area contributed by atoms with Crippen LogP contribution in [-0.2, 0) is 81.6 Å². The van der Waals surface area contributed by atoms with Crippen molar-refractivity contribution in [2.24, 2.45) is 17.8 Å². The monoisotopic (exact) mass is 1740 g/mol. The molecule has 6 aliphatic rings. The Hall–Kier alpha value is -9.87. The molecule has 3 aromatic heterocycles. The number of rotatable bonds is 27. The molecule has 2 amide bonds. The number of likely N-dealkylation sites (tertiary alicyclic amines) is 2. The molecule has 3 aromatic carbocycles. The van der Waals surface area contributed by atoms with Crippen molar-refractivity contribution in [1.82, 2.24) is 30.1 Å². The van der Waals surface area contributed by atoms with Gasteiger partial charge in [0.05, 0.1) is 66.6 Å². The third-order valence-corrected chi connectivity index (χ3v) is 21.7. The van der Waals surface area contributed by atoms with Gasteiger partial charge in [-0.2, -0.15) is 13.2 Å². The molecule has 0 aliphatic carbocycles. The molecule has 12 rings (SSSR count). The fourth-order valence-electron chi connectivity index (χ4n) is 15.3. The standard InChI is InChI=1S/C28H37N3O5.C27H35N3O5.C17H25NO4.C11H14N2O2.C2HF3O.CH2Cl2.4CH4/c1-35-25-17-21(6-9-24(25)32)22(18-27(34)36-2)16-19-11-14-31(15-12-19)26(33)10-8-23-7-5-20-4-3-13-29-28(20)30-23;1-35-24-16-20(5-8-23(24)31)21(17-26(33)34)15-18-10-13-30(14-11-18)25(32)9-7-22-6-4-19-3-2-12-28-27(19)29-22;1-21-16-10-13(3-4-15(16)19)14(11-17(20)22-2)9-12-5-7-18-8-6-12;14-10(15)6-5-9-4-3-8-2-1-7-12-11(8)13-9;3-2(4,5)1-6;2-1-3;;;;/h5-7,9,17,19,22,32H,3-4,8,10-16,18H2,1-2H3,(H,29,30);4-6,8,16,18,21,31H,2-3,7,9-15,17H2,1H3,(H,28,29)(H,33,34);3-4,10,12,14,18-19H,5-9,11H2,1-2H3;3-4H,1-2,5-7H2,(H,12,13)(H,14,15);1H;1H2;4*1H4. The zero-order valence-electron chi connectivity index (χ0n) is 67.5. The van der Waals surface area contributed by atoms with E-state index in [9.17, 15) is 62.4 Å². The van der Waals surface area contributed by atoms with E-state index in [0.717, 1.165) is 193 Å². The first kappa shape index (κ1) is 105. The number of aldehydes is 1. The first-order valence-corrected chi connectivity index (χ1v) is 41.1. The van der Waals surface area contributed by atoms with Crippen LogP contribution in [-0.4, -0.2) is 198 Å². The Bertz CT molecular complexity index is 4160. The fraction of sp³-hybridized carbons (Fsp3) is 0.556. The lowest BCUT2D eigenvalue weighted by atomic mass is 9.82. The number of amides is 2. The summed E-state index contributed by atoms with van der Waals surface area (Å²) in [5.74, 6) is 3.77. The van der Waals surface area contributed by atoms with E-state index in [1.54, 1.807) is 36.4 Å². The second-order valence-electron chi connectivity index (χ2n) is 29.8. The van der Waals surface area contributed by atoms with Crippen molar-refractivity contribution in [2.45, 2.75) is 208 Å². The lowest BCUT2D eigenvalue weighted by Gasteiger charge is -2.34. The minimum absolute atomic E-state index is 0. The van der Waals surface area contributed by atoms with Crippen LogP contribution in [0.2, 0.25) is 0 Å². The van der Waals surface area contributed by atoms with E-state index >= 15 is 0 Å². The number of aliphatic carboxylic acids is 2. The van der Waals surface area contributed by atoms with Gasteiger partial charge in [0.25, 0.3) is 0 Å². The van der Waals surface area contributed by atoms with Crippen LogP contribution in [0.15, 0.2) is 91.0 Å². The normalized spacial score (nSPS) is 15.3. The summed E-state index contributed by atoms with van der Waals surface area (Å²) in [7, 11) is 7.34. The predicted octanol–water partition coefficient (Wildman–Crippen LogP) is 16.6. The number of fused-ring (bicyclic) bond motifs is 3. The van der Waals surface area contributed by atoms with E-state index in [0.29, 0.717) is 86.6 Å². The van der Waals surface area contributed by atoms with Crippen LogP contribution in [0.5, 0.6) is 34.5 Å². The van der Waals surface area contributed by atoms with E-state index in [2.05, 4.69) is 38.4 Å². The van der Waals surface area contributed by atoms with Crippen molar-refractivity contribution < 1.29 is 95.9 Å². The van der Waals surface area contributed by atoms with Crippen LogP contribution >= 0.6 is 23.2 Å². The molecule has 3 fully saturated rings. The average Bonchev–Trinajstić information content (AvgIpc) is 0.863. The van der Waals surface area contributed by atoms with E-state index in [1.807, 2.05) is 52.3 Å². The molecule has 6 aromatic rings. The zero-order chi connectivity index (χ0) is 84.8. The highest BCUT2D eigenvalue weighted by atomic mass is 35.5. The Morgan fingerprint density at radius 1 is 0.471 bits per heavy atom. The van der Waals surface area contributed by atoms with Crippen molar-refractivity contribution in [3.8, 4) is 34.5 Å². The number of pyridine rings is 3. The number of nitrogens with one attached hydrogen (secondary N) is 4. The summed E-state index contributed by atoms with van der Waals surface area (Å²) in [5, 5.41) is 61.1. The van der Waals surface area contributed by atoms with Crippen LogP contribution < -0.4 is 35.5 Å². The van der Waals surface area contributed by atoms with E-state index in [-0.39, 0.29) is 113 Å². The van der Waals surface area contributed by atoms with Gasteiger partial charge < -0.3 is 80.3 Å². The van der Waals surface area contributed by atoms with E-state index in [4.69, 9.17) is 66.8 Å². The number of hydrogen-bond acceptors (Lipinski definition) is 22. The number of phenolic OH excluding ortho intramolecular Hbond substituents is 3. The third-order valence-electron chi connectivity index (χ3n) is 21.7. The summed E-state index contributed by atoms with van der Waals surface area (Å²) in [5.41, 5.74) is 9.32. The lowest BCUT2D eigenvalue weighted by Crippen LogP contribution is -2.39. The number of carbonyl (C=O) groups is 7. The number of halogens is 5. The van der Waals surface area contributed by atoms with Gasteiger partial charge in [-0.15, -0.1) is 23.2 Å². The van der Waals surface area contributed by atoms with Crippen molar-refractivity contribution in [1.29, 1.82) is 0 Å². The number of methoxy groups -OCH3 is 5. The van der Waals surface area contributed by atoms with E-state index in [1.165, 1.54) is 52.2 Å². The van der Waals surface area contributed by atoms with Crippen molar-refractivity contribution in [3.05, 3.63) is 141 Å². The Balaban J connectivity index is 0.000000413. The van der Waals surface area contributed by atoms with Crippen LogP contribution in [0.1, 0.15) is 213 Å². The second kappa shape index (κ2) is 55.2. The molecule has 0 bridgehead atoms. The molecule has 9 heterocycles. The Morgan fingerprint density at radius 3 is 1.07 bits per heavy atom. The van der Waals surface area contributed by atoms with Gasteiger partial charge in [-0.1, -0.05) is 66.1 Å². The number of carbonyl (C=O) groups excluding carboxylic acids is 5. The number of piperidine rings is 3. The highest BCUT2D eigenvalue weighted by Gasteiger charge is 2.32. The highest BCUT2D eigenvalue weighted by Crippen LogP contribution is 2.41. The number of alkyl halides is 5. The summed E-state index contributed by atoms with van der Waals surface area (Å²) in [6.45, 7) is 7.79. The van der Waals surface area contributed by atoms with Crippen LogP contribution in [0, 0.1) is 17.8 Å². The second-order valence-corrected chi connectivity index (χ2v) is 30.6. The molecule has 0 spiro atoms. The maximum absolute atomic E-state index is 12.9. The Kier molecular flexibility index (Phi) is 48.1. The number of hydrogen-bond donors (Lipinski definition) is 9. The number of esters is 2. The number of carboxylic acid groups (broad SMARTS) is 2. The number of aromatic nitrogens is 3.